The van der Waals surface area contributed by atoms with E-state index in [0.717, 1.165) is 27.7 Å². The molecule has 1 atom stereocenters. The number of furan rings is 1. The third-order valence-electron chi connectivity index (χ3n) is 5.92. The summed E-state index contributed by atoms with van der Waals surface area (Å²) in [6.07, 6.45) is 2.14. The summed E-state index contributed by atoms with van der Waals surface area (Å²) in [5.74, 6) is -0.123. The van der Waals surface area contributed by atoms with Crippen molar-refractivity contribution in [2.24, 2.45) is 0 Å². The van der Waals surface area contributed by atoms with Gasteiger partial charge in [-0.3, -0.25) is 4.79 Å². The molecular weight excluding hydrogens is 417 g/mol. The molecule has 0 saturated carbocycles. The van der Waals surface area contributed by atoms with E-state index in [1.54, 1.807) is 23.3 Å². The van der Waals surface area contributed by atoms with Crippen LogP contribution in [0.1, 0.15) is 42.9 Å². The highest BCUT2D eigenvalue weighted by molar-refractivity contribution is 7.91. The monoisotopic (exact) mass is 443 g/mol. The summed E-state index contributed by atoms with van der Waals surface area (Å²) in [5, 5.41) is 0.903. The number of hydrogen-bond acceptors (Lipinski definition) is 4. The smallest absolute Gasteiger partial charge is 0.227 e. The van der Waals surface area contributed by atoms with Crippen LogP contribution in [0.3, 0.4) is 0 Å². The van der Waals surface area contributed by atoms with E-state index in [4.69, 9.17) is 4.42 Å². The number of fused-ring (bicyclic) bond motifs is 1. The summed E-state index contributed by atoms with van der Waals surface area (Å²) in [4.78, 5) is 15.0. The minimum atomic E-state index is -3.16. The Labute approximate surface area is 181 Å². The molecule has 2 aromatic carbocycles. The van der Waals surface area contributed by atoms with Gasteiger partial charge in [0.1, 0.15) is 11.4 Å². The van der Waals surface area contributed by atoms with E-state index in [-0.39, 0.29) is 42.2 Å². The maximum atomic E-state index is 13.4. The van der Waals surface area contributed by atoms with E-state index in [1.165, 1.54) is 12.1 Å². The first kappa shape index (κ1) is 21.6. The van der Waals surface area contributed by atoms with Gasteiger partial charge < -0.3 is 9.32 Å². The predicted molar refractivity (Wildman–Crippen MR) is 118 cm³/mol. The topological polar surface area (TPSA) is 67.6 Å². The highest BCUT2D eigenvalue weighted by Gasteiger charge is 2.35. The molecule has 1 aromatic heterocycles. The van der Waals surface area contributed by atoms with E-state index in [2.05, 4.69) is 19.9 Å². The maximum Gasteiger partial charge on any atom is 0.227 e. The third-order valence-corrected chi connectivity index (χ3v) is 7.67. The Morgan fingerprint density at radius 2 is 1.94 bits per heavy atom. The Kier molecular flexibility index (Phi) is 5.88. The molecule has 3 aromatic rings. The molecule has 1 unspecified atom stereocenters. The summed E-state index contributed by atoms with van der Waals surface area (Å²) < 4.78 is 43.1. The normalized spacial score (nSPS) is 18.0. The molecule has 1 aliphatic heterocycles. The van der Waals surface area contributed by atoms with Gasteiger partial charge in [0.2, 0.25) is 5.91 Å². The standard InChI is InChI=1S/C24H26FNO4S/c1-16(2)18-5-8-23-22(11-18)19(14-30-23)12-24(27)26(21-9-10-31(28,29)15-21)13-17-3-6-20(25)7-4-17/h3-8,11,14,16,21H,9-10,12-13,15H2,1-2H3. The maximum absolute atomic E-state index is 13.4. The average Bonchev–Trinajstić information content (AvgIpc) is 3.29. The Balaban J connectivity index is 1.62. The van der Waals surface area contributed by atoms with Crippen molar-refractivity contribution in [3.8, 4) is 0 Å². The van der Waals surface area contributed by atoms with Crippen LogP contribution in [0, 0.1) is 5.82 Å². The zero-order valence-corrected chi connectivity index (χ0v) is 18.5. The molecule has 1 fully saturated rings. The van der Waals surface area contributed by atoms with Gasteiger partial charge in [0.25, 0.3) is 0 Å². The lowest BCUT2D eigenvalue weighted by molar-refractivity contribution is -0.133. The molecule has 4 rings (SSSR count). The Bertz CT molecular complexity index is 1200. The van der Waals surface area contributed by atoms with Crippen molar-refractivity contribution in [1.82, 2.24) is 4.90 Å². The van der Waals surface area contributed by atoms with Crippen molar-refractivity contribution in [3.63, 3.8) is 0 Å². The van der Waals surface area contributed by atoms with E-state index < -0.39 is 9.84 Å². The van der Waals surface area contributed by atoms with Crippen LogP contribution in [0.4, 0.5) is 4.39 Å². The highest BCUT2D eigenvalue weighted by atomic mass is 32.2. The Morgan fingerprint density at radius 1 is 1.19 bits per heavy atom. The quantitative estimate of drug-likeness (QED) is 0.564. The number of carbonyl (C=O) groups is 1. The minimum Gasteiger partial charge on any atom is -0.464 e. The minimum absolute atomic E-state index is 0.0381. The number of rotatable bonds is 6. The second-order valence-corrected chi connectivity index (χ2v) is 10.8. The van der Waals surface area contributed by atoms with Crippen LogP contribution in [0.2, 0.25) is 0 Å². The SMILES string of the molecule is CC(C)c1ccc2occ(CC(=O)N(Cc3ccc(F)cc3)C3CCS(=O)(=O)C3)c2c1. The summed E-state index contributed by atoms with van der Waals surface area (Å²) in [6.45, 7) is 4.46. The Morgan fingerprint density at radius 3 is 2.58 bits per heavy atom. The third kappa shape index (κ3) is 4.82. The zero-order chi connectivity index (χ0) is 22.2. The van der Waals surface area contributed by atoms with Crippen LogP contribution in [0.5, 0.6) is 0 Å². The van der Waals surface area contributed by atoms with E-state index >= 15 is 0 Å². The molecule has 1 aliphatic rings. The molecule has 0 N–H and O–H groups in total. The number of amides is 1. The summed E-state index contributed by atoms with van der Waals surface area (Å²) >= 11 is 0. The molecule has 5 nitrogen and oxygen atoms in total. The van der Waals surface area contributed by atoms with Crippen LogP contribution < -0.4 is 0 Å². The fraction of sp³-hybridized carbons (Fsp3) is 0.375. The second-order valence-electron chi connectivity index (χ2n) is 8.55. The molecule has 0 radical (unpaired) electrons. The van der Waals surface area contributed by atoms with Gasteiger partial charge in [-0.2, -0.15) is 0 Å². The first-order valence-electron chi connectivity index (χ1n) is 10.5. The summed E-state index contributed by atoms with van der Waals surface area (Å²) in [7, 11) is -3.16. The van der Waals surface area contributed by atoms with Crippen LogP contribution in [0.15, 0.2) is 53.1 Å². The van der Waals surface area contributed by atoms with Crippen molar-refractivity contribution in [2.75, 3.05) is 11.5 Å². The fourth-order valence-corrected chi connectivity index (χ4v) is 5.82. The highest BCUT2D eigenvalue weighted by Crippen LogP contribution is 2.28. The van der Waals surface area contributed by atoms with Crippen molar-refractivity contribution in [2.45, 2.75) is 45.2 Å². The van der Waals surface area contributed by atoms with Crippen LogP contribution in [-0.4, -0.2) is 36.8 Å². The lowest BCUT2D eigenvalue weighted by Gasteiger charge is -2.28. The van der Waals surface area contributed by atoms with Crippen molar-refractivity contribution in [3.05, 3.63) is 71.2 Å². The number of sulfone groups is 1. The molecule has 31 heavy (non-hydrogen) atoms. The number of hydrogen-bond donors (Lipinski definition) is 0. The van der Waals surface area contributed by atoms with Gasteiger partial charge in [-0.15, -0.1) is 0 Å². The van der Waals surface area contributed by atoms with E-state index in [1.807, 2.05) is 12.1 Å². The van der Waals surface area contributed by atoms with Crippen LogP contribution in [-0.2, 0) is 27.6 Å². The number of nitrogens with zero attached hydrogens (tertiary/aromatic N) is 1. The molecule has 1 saturated heterocycles. The van der Waals surface area contributed by atoms with Crippen LogP contribution >= 0.6 is 0 Å². The number of carbonyl (C=O) groups excluding carboxylic acids is 1. The van der Waals surface area contributed by atoms with Gasteiger partial charge in [0, 0.05) is 23.5 Å². The van der Waals surface area contributed by atoms with E-state index in [9.17, 15) is 17.6 Å². The summed E-state index contributed by atoms with van der Waals surface area (Å²) in [6, 6.07) is 11.6. The van der Waals surface area contributed by atoms with E-state index in [0.29, 0.717) is 12.3 Å². The van der Waals surface area contributed by atoms with Gasteiger partial charge in [-0.1, -0.05) is 32.0 Å². The van der Waals surface area contributed by atoms with Gasteiger partial charge in [0.15, 0.2) is 9.84 Å². The largest absolute Gasteiger partial charge is 0.464 e. The molecule has 164 valence electrons. The zero-order valence-electron chi connectivity index (χ0n) is 17.7. The number of benzene rings is 2. The molecule has 2 heterocycles. The average molecular weight is 444 g/mol. The van der Waals surface area contributed by atoms with Gasteiger partial charge in [-0.25, -0.2) is 12.8 Å². The fourth-order valence-electron chi connectivity index (χ4n) is 4.09. The Hall–Kier alpha value is -2.67. The molecular formula is C24H26FNO4S. The summed E-state index contributed by atoms with van der Waals surface area (Å²) in [5.41, 5.74) is 3.43. The lowest BCUT2D eigenvalue weighted by Crippen LogP contribution is -2.41. The predicted octanol–water partition coefficient (Wildman–Crippen LogP) is 4.45. The molecule has 1 amide bonds. The molecule has 0 spiro atoms. The molecule has 0 bridgehead atoms. The molecule has 0 aliphatic carbocycles. The van der Waals surface area contributed by atoms with Gasteiger partial charge >= 0.3 is 0 Å². The second kappa shape index (κ2) is 8.46. The lowest BCUT2D eigenvalue weighted by atomic mass is 9.99. The van der Waals surface area contributed by atoms with Crippen molar-refractivity contribution in [1.29, 1.82) is 0 Å². The first-order chi connectivity index (χ1) is 14.7. The molecule has 7 heteroatoms. The number of halogens is 1. The van der Waals surface area contributed by atoms with Crippen LogP contribution in [0.25, 0.3) is 11.0 Å². The van der Waals surface area contributed by atoms with Crippen molar-refractivity contribution >= 4 is 26.7 Å². The van der Waals surface area contributed by atoms with Crippen molar-refractivity contribution < 1.29 is 22.0 Å². The first-order valence-corrected chi connectivity index (χ1v) is 12.3. The van der Waals surface area contributed by atoms with Gasteiger partial charge in [0.05, 0.1) is 24.2 Å². The van der Waals surface area contributed by atoms with Gasteiger partial charge in [-0.05, 0) is 47.7 Å².